The molecule has 0 saturated heterocycles. The number of hydrogen-bond acceptors (Lipinski definition) is 1. The fraction of sp³-hybridized carbons (Fsp3) is 0.611. The molecular weight excluding hydrogens is 248 g/mol. The van der Waals surface area contributed by atoms with E-state index in [0.717, 1.165) is 18.4 Å². The van der Waals surface area contributed by atoms with Crippen LogP contribution in [0.2, 0.25) is 0 Å². The predicted molar refractivity (Wildman–Crippen MR) is 81.8 cm³/mol. The van der Waals surface area contributed by atoms with Gasteiger partial charge in [-0.15, -0.1) is 0 Å². The van der Waals surface area contributed by atoms with Crippen molar-refractivity contribution in [2.24, 2.45) is 11.8 Å². The van der Waals surface area contributed by atoms with E-state index in [1.807, 2.05) is 37.3 Å². The molecule has 0 radical (unpaired) electrons. The van der Waals surface area contributed by atoms with Crippen molar-refractivity contribution in [2.45, 2.75) is 57.8 Å². The second kappa shape index (κ2) is 6.43. The maximum Gasteiger partial charge on any atom is 0.314 e. The lowest BCUT2D eigenvalue weighted by Gasteiger charge is -2.44. The van der Waals surface area contributed by atoms with Crippen LogP contribution >= 0.6 is 0 Å². The fourth-order valence-electron chi connectivity index (χ4n) is 4.19. The summed E-state index contributed by atoms with van der Waals surface area (Å²) in [5, 5.41) is 10.0. The van der Waals surface area contributed by atoms with Crippen LogP contribution in [0.15, 0.2) is 30.3 Å². The number of rotatable bonds is 5. The summed E-state index contributed by atoms with van der Waals surface area (Å²) in [5.74, 6) is 0.169. The predicted octanol–water partition coefficient (Wildman–Crippen LogP) is 4.64. The molecule has 0 aliphatic heterocycles. The molecule has 0 amide bonds. The van der Waals surface area contributed by atoms with Crippen LogP contribution in [0.1, 0.15) is 57.9 Å². The Morgan fingerprint density at radius 2 is 1.85 bits per heavy atom. The maximum absolute atomic E-state index is 12.2. The second-order valence-corrected chi connectivity index (χ2v) is 6.06. The molecule has 1 fully saturated rings. The summed E-state index contributed by atoms with van der Waals surface area (Å²) in [5.41, 5.74) is 0.280. The molecule has 3 unspecified atom stereocenters. The van der Waals surface area contributed by atoms with Gasteiger partial charge in [0.15, 0.2) is 0 Å². The van der Waals surface area contributed by atoms with Gasteiger partial charge in [0.25, 0.3) is 0 Å². The molecule has 1 aromatic rings. The number of carboxylic acid groups (broad SMARTS) is 1. The van der Waals surface area contributed by atoms with Crippen LogP contribution in [0.25, 0.3) is 0 Å². The van der Waals surface area contributed by atoms with Crippen molar-refractivity contribution in [3.63, 3.8) is 0 Å². The Balaban J connectivity index is 2.48. The first-order valence-corrected chi connectivity index (χ1v) is 7.95. The largest absolute Gasteiger partial charge is 0.481 e. The van der Waals surface area contributed by atoms with E-state index in [1.54, 1.807) is 0 Å². The highest BCUT2D eigenvalue weighted by molar-refractivity contribution is 5.82. The Labute approximate surface area is 122 Å². The molecule has 2 heteroatoms. The second-order valence-electron chi connectivity index (χ2n) is 6.06. The summed E-state index contributed by atoms with van der Waals surface area (Å²) in [7, 11) is 0. The van der Waals surface area contributed by atoms with Gasteiger partial charge in [-0.25, -0.2) is 0 Å². The van der Waals surface area contributed by atoms with Crippen LogP contribution in [0.3, 0.4) is 0 Å². The normalized spacial score (nSPS) is 25.9. The number of benzene rings is 1. The Kier molecular flexibility index (Phi) is 4.85. The molecular formula is C18H26O2. The van der Waals surface area contributed by atoms with Gasteiger partial charge in [0, 0.05) is 0 Å². The molecule has 2 nitrogen and oxygen atoms in total. The Bertz CT molecular complexity index is 440. The smallest absolute Gasteiger partial charge is 0.314 e. The van der Waals surface area contributed by atoms with Gasteiger partial charge in [0.2, 0.25) is 0 Å². The van der Waals surface area contributed by atoms with Gasteiger partial charge in [-0.1, -0.05) is 69.9 Å². The Hall–Kier alpha value is -1.31. The first-order chi connectivity index (χ1) is 9.66. The lowest BCUT2D eigenvalue weighted by atomic mass is 9.59. The minimum absolute atomic E-state index is 0.270. The summed E-state index contributed by atoms with van der Waals surface area (Å²) in [6.45, 7) is 4.23. The van der Waals surface area contributed by atoms with Crippen LogP contribution in [-0.4, -0.2) is 11.1 Å². The lowest BCUT2D eigenvalue weighted by molar-refractivity contribution is -0.148. The maximum atomic E-state index is 12.2. The van der Waals surface area contributed by atoms with Crippen LogP contribution in [0, 0.1) is 11.8 Å². The van der Waals surface area contributed by atoms with Crippen LogP contribution in [-0.2, 0) is 10.2 Å². The van der Waals surface area contributed by atoms with Gasteiger partial charge in [-0.05, 0) is 30.2 Å². The lowest BCUT2D eigenvalue weighted by Crippen LogP contribution is -2.46. The molecule has 0 aromatic heterocycles. The van der Waals surface area contributed by atoms with Gasteiger partial charge in [-0.3, -0.25) is 4.79 Å². The zero-order chi connectivity index (χ0) is 14.6. The zero-order valence-corrected chi connectivity index (χ0v) is 12.6. The van der Waals surface area contributed by atoms with Gasteiger partial charge < -0.3 is 5.11 Å². The van der Waals surface area contributed by atoms with Crippen molar-refractivity contribution in [3.05, 3.63) is 35.9 Å². The average Bonchev–Trinajstić information content (AvgIpc) is 2.50. The quantitative estimate of drug-likeness (QED) is 0.849. The van der Waals surface area contributed by atoms with E-state index in [4.69, 9.17) is 0 Å². The highest BCUT2D eigenvalue weighted by Crippen LogP contribution is 2.47. The summed E-state index contributed by atoms with van der Waals surface area (Å²) in [4.78, 5) is 12.2. The number of carboxylic acids is 1. The standard InChI is InChI=1S/C18H26O2/c1-3-14-10-8-9-13-16(14)18(4-2,17(19)20)15-11-6-5-7-12-15/h5-7,11-12,14,16H,3-4,8-10,13H2,1-2H3,(H,19,20). The van der Waals surface area contributed by atoms with Crippen molar-refractivity contribution in [2.75, 3.05) is 0 Å². The molecule has 0 heterocycles. The van der Waals surface area contributed by atoms with E-state index in [9.17, 15) is 9.90 Å². The molecule has 1 aliphatic rings. The van der Waals surface area contributed by atoms with Crippen molar-refractivity contribution >= 4 is 5.97 Å². The van der Waals surface area contributed by atoms with Gasteiger partial charge >= 0.3 is 5.97 Å². The first-order valence-electron chi connectivity index (χ1n) is 7.95. The Morgan fingerprint density at radius 1 is 1.20 bits per heavy atom. The average molecular weight is 274 g/mol. The zero-order valence-electron chi connectivity index (χ0n) is 12.6. The summed E-state index contributed by atoms with van der Waals surface area (Å²) >= 11 is 0. The van der Waals surface area contributed by atoms with E-state index in [0.29, 0.717) is 12.3 Å². The SMILES string of the molecule is CCC1CCCCC1C(CC)(C(=O)O)c1ccccc1. The van der Waals surface area contributed by atoms with Crippen molar-refractivity contribution in [3.8, 4) is 0 Å². The summed E-state index contributed by atoms with van der Waals surface area (Å²) in [6, 6.07) is 9.89. The van der Waals surface area contributed by atoms with E-state index in [-0.39, 0.29) is 5.92 Å². The highest BCUT2D eigenvalue weighted by atomic mass is 16.4. The third kappa shape index (κ3) is 2.48. The molecule has 1 saturated carbocycles. The van der Waals surface area contributed by atoms with Crippen LogP contribution in [0.5, 0.6) is 0 Å². The first kappa shape index (κ1) is 15.1. The summed E-state index contributed by atoms with van der Waals surface area (Å²) in [6.07, 6.45) is 6.42. The third-order valence-electron chi connectivity index (χ3n) is 5.29. The number of carbonyl (C=O) groups is 1. The Morgan fingerprint density at radius 3 is 2.40 bits per heavy atom. The molecule has 0 spiro atoms. The van der Waals surface area contributed by atoms with Gasteiger partial charge in [0.1, 0.15) is 0 Å². The molecule has 110 valence electrons. The molecule has 2 rings (SSSR count). The topological polar surface area (TPSA) is 37.3 Å². The van der Waals surface area contributed by atoms with Crippen molar-refractivity contribution in [1.29, 1.82) is 0 Å². The fourth-order valence-corrected chi connectivity index (χ4v) is 4.19. The molecule has 1 N–H and O–H groups in total. The summed E-state index contributed by atoms with van der Waals surface area (Å²) < 4.78 is 0. The minimum Gasteiger partial charge on any atom is -0.481 e. The molecule has 1 aromatic carbocycles. The van der Waals surface area contributed by atoms with E-state index in [2.05, 4.69) is 6.92 Å². The molecule has 3 atom stereocenters. The van der Waals surface area contributed by atoms with E-state index < -0.39 is 11.4 Å². The van der Waals surface area contributed by atoms with Crippen molar-refractivity contribution < 1.29 is 9.90 Å². The molecule has 0 bridgehead atoms. The van der Waals surface area contributed by atoms with Crippen LogP contribution in [0.4, 0.5) is 0 Å². The van der Waals surface area contributed by atoms with Crippen molar-refractivity contribution in [1.82, 2.24) is 0 Å². The van der Waals surface area contributed by atoms with E-state index >= 15 is 0 Å². The number of aliphatic carboxylic acids is 1. The minimum atomic E-state index is -0.706. The van der Waals surface area contributed by atoms with Gasteiger partial charge in [0.05, 0.1) is 5.41 Å². The van der Waals surface area contributed by atoms with Crippen LogP contribution < -0.4 is 0 Å². The van der Waals surface area contributed by atoms with Gasteiger partial charge in [-0.2, -0.15) is 0 Å². The third-order valence-corrected chi connectivity index (χ3v) is 5.29. The number of hydrogen-bond donors (Lipinski definition) is 1. The molecule has 20 heavy (non-hydrogen) atoms. The van der Waals surface area contributed by atoms with E-state index in [1.165, 1.54) is 19.3 Å². The molecule has 1 aliphatic carbocycles. The highest BCUT2D eigenvalue weighted by Gasteiger charge is 2.48. The monoisotopic (exact) mass is 274 g/mol.